The van der Waals surface area contributed by atoms with Crippen LogP contribution in [0, 0.1) is 0 Å². The number of rotatable bonds is 6. The molecule has 0 aromatic heterocycles. The van der Waals surface area contributed by atoms with Crippen molar-refractivity contribution >= 4 is 6.08 Å². The molecule has 0 heterocycles. The Kier molecular flexibility index (Phi) is 5.07. The Morgan fingerprint density at radius 2 is 1.35 bits per heavy atom. The molecule has 3 heteroatoms. The highest BCUT2D eigenvalue weighted by Gasteiger charge is 1.94. The summed E-state index contributed by atoms with van der Waals surface area (Å²) in [7, 11) is 3.31. The molecule has 0 saturated carbocycles. The lowest BCUT2D eigenvalue weighted by atomic mass is 10.2. The first-order valence-electron chi connectivity index (χ1n) is 6.37. The molecule has 104 valence electrons. The highest BCUT2D eigenvalue weighted by molar-refractivity contribution is 5.49. The summed E-state index contributed by atoms with van der Waals surface area (Å²) in [6.07, 6.45) is 3.62. The van der Waals surface area contributed by atoms with Gasteiger partial charge in [0.2, 0.25) is 0 Å². The number of methoxy groups -OCH3 is 2. The first-order chi connectivity index (χ1) is 9.81. The second-order valence-electron chi connectivity index (χ2n) is 4.23. The van der Waals surface area contributed by atoms with Crippen LogP contribution in [-0.2, 0) is 11.3 Å². The fourth-order valence-corrected chi connectivity index (χ4v) is 1.71. The van der Waals surface area contributed by atoms with Gasteiger partial charge in [-0.05, 0) is 41.5 Å². The van der Waals surface area contributed by atoms with Crippen molar-refractivity contribution in [3.63, 3.8) is 0 Å². The standard InChI is InChI=1S/C17H18O3/c1-18-16-7-3-14(4-8-16)11-12-20-13-15-5-9-17(19-2)10-6-15/h3-12H,13H2,1-2H3. The molecule has 0 spiro atoms. The summed E-state index contributed by atoms with van der Waals surface area (Å²) in [6, 6.07) is 15.6. The molecule has 2 aromatic rings. The van der Waals surface area contributed by atoms with Crippen LogP contribution in [0.1, 0.15) is 11.1 Å². The average Bonchev–Trinajstić information content (AvgIpc) is 2.53. The zero-order valence-electron chi connectivity index (χ0n) is 11.7. The van der Waals surface area contributed by atoms with E-state index in [1.165, 1.54) is 0 Å². The molecule has 0 radical (unpaired) electrons. The fraction of sp³-hybridized carbons (Fsp3) is 0.176. The molecule has 0 amide bonds. The van der Waals surface area contributed by atoms with Gasteiger partial charge < -0.3 is 14.2 Å². The van der Waals surface area contributed by atoms with E-state index in [0.717, 1.165) is 22.6 Å². The number of hydrogen-bond acceptors (Lipinski definition) is 3. The summed E-state index contributed by atoms with van der Waals surface area (Å²) >= 11 is 0. The molecule has 2 aromatic carbocycles. The topological polar surface area (TPSA) is 27.7 Å². The van der Waals surface area contributed by atoms with Gasteiger partial charge in [-0.1, -0.05) is 24.3 Å². The third-order valence-electron chi connectivity index (χ3n) is 2.88. The molecule has 2 rings (SSSR count). The van der Waals surface area contributed by atoms with Gasteiger partial charge in [0, 0.05) is 0 Å². The van der Waals surface area contributed by atoms with Gasteiger partial charge in [0.15, 0.2) is 0 Å². The average molecular weight is 270 g/mol. The highest BCUT2D eigenvalue weighted by Crippen LogP contribution is 2.14. The highest BCUT2D eigenvalue weighted by atomic mass is 16.5. The lowest BCUT2D eigenvalue weighted by Crippen LogP contribution is -1.87. The Morgan fingerprint density at radius 3 is 1.90 bits per heavy atom. The van der Waals surface area contributed by atoms with Crippen LogP contribution in [0.4, 0.5) is 0 Å². The third-order valence-corrected chi connectivity index (χ3v) is 2.88. The molecule has 0 bridgehead atoms. The van der Waals surface area contributed by atoms with E-state index in [-0.39, 0.29) is 0 Å². The Hall–Kier alpha value is -2.42. The molecule has 0 aliphatic carbocycles. The maximum atomic E-state index is 5.50. The van der Waals surface area contributed by atoms with Gasteiger partial charge in [-0.2, -0.15) is 0 Å². The molecule has 20 heavy (non-hydrogen) atoms. The van der Waals surface area contributed by atoms with Crippen molar-refractivity contribution in [3.05, 3.63) is 65.9 Å². The minimum absolute atomic E-state index is 0.538. The van der Waals surface area contributed by atoms with Crippen LogP contribution in [-0.4, -0.2) is 14.2 Å². The van der Waals surface area contributed by atoms with Crippen LogP contribution < -0.4 is 9.47 Å². The molecule has 0 aliphatic heterocycles. The summed E-state index contributed by atoms with van der Waals surface area (Å²) in [6.45, 7) is 0.538. The Morgan fingerprint density at radius 1 is 0.800 bits per heavy atom. The predicted molar refractivity (Wildman–Crippen MR) is 79.8 cm³/mol. The maximum absolute atomic E-state index is 5.50. The Bertz CT molecular complexity index is 541. The molecule has 0 fully saturated rings. The van der Waals surface area contributed by atoms with E-state index in [2.05, 4.69) is 0 Å². The number of ether oxygens (including phenoxy) is 3. The summed E-state index contributed by atoms with van der Waals surface area (Å²) in [5.41, 5.74) is 2.17. The maximum Gasteiger partial charge on any atom is 0.118 e. The van der Waals surface area contributed by atoms with Crippen LogP contribution in [0.3, 0.4) is 0 Å². The zero-order valence-corrected chi connectivity index (χ0v) is 11.7. The van der Waals surface area contributed by atoms with Crippen molar-refractivity contribution in [2.45, 2.75) is 6.61 Å². The quantitative estimate of drug-likeness (QED) is 0.745. The number of hydrogen-bond donors (Lipinski definition) is 0. The monoisotopic (exact) mass is 270 g/mol. The second-order valence-corrected chi connectivity index (χ2v) is 4.23. The van der Waals surface area contributed by atoms with Crippen molar-refractivity contribution in [2.75, 3.05) is 14.2 Å². The zero-order chi connectivity index (χ0) is 14.2. The van der Waals surface area contributed by atoms with Crippen LogP contribution >= 0.6 is 0 Å². The molecule has 0 aliphatic rings. The third kappa shape index (κ3) is 4.05. The largest absolute Gasteiger partial charge is 0.497 e. The van der Waals surface area contributed by atoms with E-state index in [4.69, 9.17) is 14.2 Å². The summed E-state index contributed by atoms with van der Waals surface area (Å²) in [4.78, 5) is 0. The summed E-state index contributed by atoms with van der Waals surface area (Å²) < 4.78 is 15.7. The van der Waals surface area contributed by atoms with Crippen LogP contribution in [0.15, 0.2) is 54.8 Å². The molecule has 0 N–H and O–H groups in total. The predicted octanol–water partition coefficient (Wildman–Crippen LogP) is 3.89. The lowest BCUT2D eigenvalue weighted by molar-refractivity contribution is 0.239. The minimum atomic E-state index is 0.538. The molecule has 0 unspecified atom stereocenters. The van der Waals surface area contributed by atoms with Crippen LogP contribution in [0.25, 0.3) is 6.08 Å². The smallest absolute Gasteiger partial charge is 0.118 e. The molecule has 3 nitrogen and oxygen atoms in total. The summed E-state index contributed by atoms with van der Waals surface area (Å²) in [5.74, 6) is 1.70. The van der Waals surface area contributed by atoms with E-state index in [9.17, 15) is 0 Å². The minimum Gasteiger partial charge on any atom is -0.497 e. The van der Waals surface area contributed by atoms with Crippen molar-refractivity contribution in [2.24, 2.45) is 0 Å². The van der Waals surface area contributed by atoms with Crippen molar-refractivity contribution in [1.82, 2.24) is 0 Å². The van der Waals surface area contributed by atoms with E-state index < -0.39 is 0 Å². The van der Waals surface area contributed by atoms with Gasteiger partial charge in [0.25, 0.3) is 0 Å². The van der Waals surface area contributed by atoms with Gasteiger partial charge in [-0.25, -0.2) is 0 Å². The molecular weight excluding hydrogens is 252 g/mol. The van der Waals surface area contributed by atoms with E-state index in [1.807, 2.05) is 54.6 Å². The summed E-state index contributed by atoms with van der Waals surface area (Å²) in [5, 5.41) is 0. The number of benzene rings is 2. The van der Waals surface area contributed by atoms with Crippen molar-refractivity contribution < 1.29 is 14.2 Å². The Labute approximate surface area is 119 Å². The first kappa shape index (κ1) is 14.0. The van der Waals surface area contributed by atoms with Gasteiger partial charge >= 0.3 is 0 Å². The van der Waals surface area contributed by atoms with Crippen LogP contribution in [0.2, 0.25) is 0 Å². The van der Waals surface area contributed by atoms with Crippen LogP contribution in [0.5, 0.6) is 11.5 Å². The first-order valence-corrected chi connectivity index (χ1v) is 6.37. The van der Waals surface area contributed by atoms with Gasteiger partial charge in [-0.15, -0.1) is 0 Å². The normalized spacial score (nSPS) is 10.5. The van der Waals surface area contributed by atoms with Crippen molar-refractivity contribution in [1.29, 1.82) is 0 Å². The van der Waals surface area contributed by atoms with Gasteiger partial charge in [0.05, 0.1) is 20.5 Å². The van der Waals surface area contributed by atoms with E-state index in [1.54, 1.807) is 20.5 Å². The fourth-order valence-electron chi connectivity index (χ4n) is 1.71. The molecule has 0 atom stereocenters. The molecule has 0 saturated heterocycles. The molecular formula is C17H18O3. The SMILES string of the molecule is COc1ccc(C=COCc2ccc(OC)cc2)cc1. The Balaban J connectivity index is 1.83. The van der Waals surface area contributed by atoms with Crippen molar-refractivity contribution in [3.8, 4) is 11.5 Å². The van der Waals surface area contributed by atoms with E-state index >= 15 is 0 Å². The lowest BCUT2D eigenvalue weighted by Gasteiger charge is -2.03. The van der Waals surface area contributed by atoms with Gasteiger partial charge in [0.1, 0.15) is 18.1 Å². The second kappa shape index (κ2) is 7.24. The van der Waals surface area contributed by atoms with Gasteiger partial charge in [-0.3, -0.25) is 0 Å². The van der Waals surface area contributed by atoms with E-state index in [0.29, 0.717) is 6.61 Å².